The highest BCUT2D eigenvalue weighted by Crippen LogP contribution is 2.30. The van der Waals surface area contributed by atoms with Crippen molar-refractivity contribution in [3.63, 3.8) is 0 Å². The lowest BCUT2D eigenvalue weighted by Gasteiger charge is -2.19. The Morgan fingerprint density at radius 2 is 2.10 bits per heavy atom. The van der Waals surface area contributed by atoms with Crippen LogP contribution in [-0.2, 0) is 11.2 Å². The van der Waals surface area contributed by atoms with Gasteiger partial charge in [0.2, 0.25) is 0 Å². The van der Waals surface area contributed by atoms with Crippen LogP contribution >= 0.6 is 11.8 Å². The Balaban J connectivity index is 2.16. The highest BCUT2D eigenvalue weighted by Gasteiger charge is 2.17. The van der Waals surface area contributed by atoms with E-state index >= 15 is 0 Å². The average molecular weight is 306 g/mol. The van der Waals surface area contributed by atoms with Crippen molar-refractivity contribution in [2.45, 2.75) is 45.6 Å². The van der Waals surface area contributed by atoms with Crippen LogP contribution in [0, 0.1) is 0 Å². The molecule has 0 saturated heterocycles. The molecule has 0 saturated carbocycles. The topological polar surface area (TPSA) is 50.7 Å². The fourth-order valence-corrected chi connectivity index (χ4v) is 2.68. The lowest BCUT2D eigenvalue weighted by Crippen LogP contribution is -2.27. The Bertz CT molecular complexity index is 562. The molecule has 1 aliphatic rings. The molecule has 5 heteroatoms. The van der Waals surface area contributed by atoms with Crippen LogP contribution in [0.3, 0.4) is 0 Å². The second kappa shape index (κ2) is 6.52. The molecule has 4 nitrogen and oxygen atoms in total. The Morgan fingerprint density at radius 3 is 2.76 bits per heavy atom. The smallest absolute Gasteiger partial charge is 0.412 e. The quantitative estimate of drug-likeness (QED) is 0.813. The molecular weight excluding hydrogens is 284 g/mol. The highest BCUT2D eigenvalue weighted by molar-refractivity contribution is 8.13. The van der Waals surface area contributed by atoms with E-state index in [4.69, 9.17) is 4.74 Å². The first-order chi connectivity index (χ1) is 9.87. The molecule has 1 aliphatic heterocycles. The zero-order chi connectivity index (χ0) is 15.5. The molecule has 0 aliphatic carbocycles. The van der Waals surface area contributed by atoms with Crippen molar-refractivity contribution in [2.75, 3.05) is 11.6 Å². The zero-order valence-corrected chi connectivity index (χ0v) is 13.8. The van der Waals surface area contributed by atoms with Crippen molar-refractivity contribution in [1.82, 2.24) is 0 Å². The van der Waals surface area contributed by atoms with Gasteiger partial charge in [0.15, 0.2) is 0 Å². The number of aryl methyl sites for hydroxylation is 1. The number of fused-ring (bicyclic) bond motifs is 1. The molecule has 0 fully saturated rings. The number of anilines is 1. The van der Waals surface area contributed by atoms with E-state index in [0.29, 0.717) is 5.69 Å². The third-order valence-corrected chi connectivity index (χ3v) is 3.81. The van der Waals surface area contributed by atoms with Crippen LogP contribution in [0.25, 0.3) is 0 Å². The minimum absolute atomic E-state index is 0.440. The average Bonchev–Trinajstić information content (AvgIpc) is 2.57. The Kier molecular flexibility index (Phi) is 4.93. The Morgan fingerprint density at radius 1 is 1.33 bits per heavy atom. The van der Waals surface area contributed by atoms with Crippen LogP contribution in [0.1, 0.15) is 39.2 Å². The number of benzene rings is 1. The largest absolute Gasteiger partial charge is 0.444 e. The van der Waals surface area contributed by atoms with Gasteiger partial charge in [-0.25, -0.2) is 9.79 Å². The molecule has 0 unspecified atom stereocenters. The van der Waals surface area contributed by atoms with Crippen molar-refractivity contribution >= 4 is 34.3 Å². The first-order valence-electron chi connectivity index (χ1n) is 7.12. The molecule has 1 heterocycles. The van der Waals surface area contributed by atoms with E-state index < -0.39 is 11.7 Å². The number of nitrogens with zero attached hydrogens (tertiary/aromatic N) is 1. The summed E-state index contributed by atoms with van der Waals surface area (Å²) in [5.41, 5.74) is 2.40. The summed E-state index contributed by atoms with van der Waals surface area (Å²) < 4.78 is 5.26. The number of aliphatic imine (C=N–C) groups is 1. The van der Waals surface area contributed by atoms with E-state index in [1.807, 2.05) is 45.2 Å². The molecule has 21 heavy (non-hydrogen) atoms. The highest BCUT2D eigenvalue weighted by atomic mass is 32.2. The van der Waals surface area contributed by atoms with E-state index in [9.17, 15) is 4.79 Å². The summed E-state index contributed by atoms with van der Waals surface area (Å²) in [6.07, 6.45) is 4.77. The van der Waals surface area contributed by atoms with Crippen molar-refractivity contribution in [2.24, 2.45) is 4.99 Å². The number of carbonyl (C=O) groups is 1. The zero-order valence-electron chi connectivity index (χ0n) is 13.0. The normalized spacial score (nSPS) is 14.8. The number of hydrogen-bond donors (Lipinski definition) is 1. The Hall–Kier alpha value is -1.49. The molecule has 1 N–H and O–H groups in total. The maximum absolute atomic E-state index is 11.8. The molecule has 0 spiro atoms. The summed E-state index contributed by atoms with van der Waals surface area (Å²) in [6.45, 7) is 5.54. The van der Waals surface area contributed by atoms with Gasteiger partial charge in [-0.1, -0.05) is 6.07 Å². The van der Waals surface area contributed by atoms with Gasteiger partial charge in [-0.15, -0.1) is 11.8 Å². The molecule has 0 aromatic heterocycles. The van der Waals surface area contributed by atoms with Gasteiger partial charge in [0.05, 0.1) is 10.7 Å². The summed E-state index contributed by atoms with van der Waals surface area (Å²) in [6, 6.07) is 5.86. The second-order valence-corrected chi connectivity index (χ2v) is 6.91. The molecule has 0 radical (unpaired) electrons. The predicted octanol–water partition coefficient (Wildman–Crippen LogP) is 4.76. The van der Waals surface area contributed by atoms with Gasteiger partial charge in [-0.05, 0) is 64.0 Å². The van der Waals surface area contributed by atoms with E-state index in [-0.39, 0.29) is 0 Å². The van der Waals surface area contributed by atoms with Crippen LogP contribution in [0.5, 0.6) is 0 Å². The minimum atomic E-state index is -0.500. The summed E-state index contributed by atoms with van der Waals surface area (Å²) in [5.74, 6) is 0. The molecule has 114 valence electrons. The lowest BCUT2D eigenvalue weighted by atomic mass is 10.1. The maximum Gasteiger partial charge on any atom is 0.412 e. The third-order valence-electron chi connectivity index (χ3n) is 3.05. The molecule has 1 aromatic carbocycles. The number of hydrogen-bond acceptors (Lipinski definition) is 4. The molecule has 2 rings (SSSR count). The first-order valence-corrected chi connectivity index (χ1v) is 8.34. The van der Waals surface area contributed by atoms with E-state index in [0.717, 1.165) is 30.0 Å². The summed E-state index contributed by atoms with van der Waals surface area (Å²) >= 11 is 1.69. The van der Waals surface area contributed by atoms with Crippen molar-refractivity contribution in [1.29, 1.82) is 0 Å². The van der Waals surface area contributed by atoms with Gasteiger partial charge >= 0.3 is 6.09 Å². The third kappa shape index (κ3) is 4.77. The molecule has 0 bridgehead atoms. The fourth-order valence-electron chi connectivity index (χ4n) is 2.15. The number of carbonyl (C=O) groups excluding carboxylic acids is 1. The second-order valence-electron chi connectivity index (χ2n) is 6.03. The standard InChI is InChI=1S/C16H22N2O2S/c1-16(2,3)20-15(19)17-12-9-8-11-6-5-7-14(21-4)18-13(11)10-12/h8-10H,5-7H2,1-4H3,(H,17,19). The predicted molar refractivity (Wildman–Crippen MR) is 89.8 cm³/mol. The first kappa shape index (κ1) is 15.9. The number of nitrogens with one attached hydrogen (secondary N) is 1. The number of thioether (sulfide) groups is 1. The van der Waals surface area contributed by atoms with E-state index in [2.05, 4.69) is 10.3 Å². The van der Waals surface area contributed by atoms with Crippen LogP contribution in [0.4, 0.5) is 16.2 Å². The van der Waals surface area contributed by atoms with Gasteiger partial charge in [-0.2, -0.15) is 0 Å². The maximum atomic E-state index is 11.8. The van der Waals surface area contributed by atoms with E-state index in [1.165, 1.54) is 5.56 Å². The number of amides is 1. The van der Waals surface area contributed by atoms with Gasteiger partial charge in [-0.3, -0.25) is 5.32 Å². The van der Waals surface area contributed by atoms with Crippen molar-refractivity contribution in [3.8, 4) is 0 Å². The summed E-state index contributed by atoms with van der Waals surface area (Å²) in [5, 5.41) is 3.91. The summed E-state index contributed by atoms with van der Waals surface area (Å²) in [4.78, 5) is 16.5. The van der Waals surface area contributed by atoms with Gasteiger partial charge < -0.3 is 4.74 Å². The molecular formula is C16H22N2O2S. The monoisotopic (exact) mass is 306 g/mol. The molecule has 0 atom stereocenters. The molecule has 1 aromatic rings. The minimum Gasteiger partial charge on any atom is -0.444 e. The van der Waals surface area contributed by atoms with Crippen molar-refractivity contribution in [3.05, 3.63) is 23.8 Å². The fraction of sp³-hybridized carbons (Fsp3) is 0.500. The molecule has 1 amide bonds. The van der Waals surface area contributed by atoms with Gasteiger partial charge in [0.25, 0.3) is 0 Å². The van der Waals surface area contributed by atoms with Crippen LogP contribution in [0.2, 0.25) is 0 Å². The van der Waals surface area contributed by atoms with Gasteiger partial charge in [0.1, 0.15) is 5.60 Å². The van der Waals surface area contributed by atoms with Gasteiger partial charge in [0, 0.05) is 5.69 Å². The Labute approximate surface area is 130 Å². The van der Waals surface area contributed by atoms with Crippen LogP contribution in [0.15, 0.2) is 23.2 Å². The lowest BCUT2D eigenvalue weighted by molar-refractivity contribution is 0.0636. The van der Waals surface area contributed by atoms with E-state index in [1.54, 1.807) is 11.8 Å². The van der Waals surface area contributed by atoms with Crippen LogP contribution < -0.4 is 5.32 Å². The van der Waals surface area contributed by atoms with Crippen molar-refractivity contribution < 1.29 is 9.53 Å². The summed E-state index contributed by atoms with van der Waals surface area (Å²) in [7, 11) is 0. The number of ether oxygens (including phenoxy) is 1. The number of rotatable bonds is 1. The SMILES string of the molecule is CSC1=Nc2cc(NC(=O)OC(C)(C)C)ccc2CCC1. The van der Waals surface area contributed by atoms with Crippen LogP contribution in [-0.4, -0.2) is 23.0 Å².